The van der Waals surface area contributed by atoms with Gasteiger partial charge in [-0.25, -0.2) is 4.99 Å². The second-order valence-corrected chi connectivity index (χ2v) is 6.00. The topological polar surface area (TPSA) is 70.9 Å². The van der Waals surface area contributed by atoms with Crippen LogP contribution in [0.3, 0.4) is 0 Å². The maximum absolute atomic E-state index is 12.1. The van der Waals surface area contributed by atoms with Crippen molar-refractivity contribution in [1.29, 1.82) is 0 Å². The van der Waals surface area contributed by atoms with E-state index in [1.807, 2.05) is 37.3 Å². The number of aliphatic imine (C=N–C) groups is 1. The molecule has 2 N–H and O–H groups in total. The van der Waals surface area contributed by atoms with Crippen molar-refractivity contribution >= 4 is 34.6 Å². The molecule has 2 aromatic rings. The van der Waals surface area contributed by atoms with Gasteiger partial charge in [-0.3, -0.25) is 4.79 Å². The molecular weight excluding hydrogens is 324 g/mol. The molecule has 0 aliphatic carbocycles. The number of amides is 1. The fourth-order valence-corrected chi connectivity index (χ4v) is 2.98. The van der Waals surface area contributed by atoms with E-state index in [9.17, 15) is 9.90 Å². The zero-order valence-electron chi connectivity index (χ0n) is 13.0. The number of rotatable bonds is 4. The van der Waals surface area contributed by atoms with Crippen LogP contribution in [0.5, 0.6) is 11.5 Å². The van der Waals surface area contributed by atoms with E-state index >= 15 is 0 Å². The molecule has 122 valence electrons. The van der Waals surface area contributed by atoms with E-state index in [0.29, 0.717) is 28.0 Å². The Balaban J connectivity index is 1.81. The Labute approximate surface area is 144 Å². The lowest BCUT2D eigenvalue weighted by molar-refractivity contribution is -0.115. The van der Waals surface area contributed by atoms with Crippen molar-refractivity contribution in [2.75, 3.05) is 6.61 Å². The van der Waals surface area contributed by atoms with E-state index < -0.39 is 0 Å². The summed E-state index contributed by atoms with van der Waals surface area (Å²) in [6, 6.07) is 14.4. The molecule has 1 saturated heterocycles. The predicted octanol–water partition coefficient (Wildman–Crippen LogP) is 3.68. The first-order chi connectivity index (χ1) is 11.7. The summed E-state index contributed by atoms with van der Waals surface area (Å²) < 4.78 is 5.33. The number of carbonyl (C=O) groups is 1. The number of nitrogens with one attached hydrogen (secondary N) is 1. The van der Waals surface area contributed by atoms with Gasteiger partial charge in [0.2, 0.25) is 0 Å². The monoisotopic (exact) mass is 340 g/mol. The van der Waals surface area contributed by atoms with Crippen molar-refractivity contribution in [1.82, 2.24) is 5.32 Å². The number of ether oxygens (including phenoxy) is 1. The van der Waals surface area contributed by atoms with Crippen molar-refractivity contribution in [2.45, 2.75) is 6.92 Å². The quantitative estimate of drug-likeness (QED) is 0.833. The molecule has 0 saturated carbocycles. The molecule has 1 fully saturated rings. The highest BCUT2D eigenvalue weighted by molar-refractivity contribution is 8.18. The number of benzene rings is 2. The highest BCUT2D eigenvalue weighted by atomic mass is 32.2. The van der Waals surface area contributed by atoms with Crippen LogP contribution in [0.15, 0.2) is 58.4 Å². The summed E-state index contributed by atoms with van der Waals surface area (Å²) in [5.74, 6) is 0.422. The molecule has 0 bridgehead atoms. The number of carbonyl (C=O) groups excluding carboxylic acids is 1. The molecule has 24 heavy (non-hydrogen) atoms. The van der Waals surface area contributed by atoms with E-state index in [1.165, 1.54) is 17.8 Å². The molecule has 6 heteroatoms. The van der Waals surface area contributed by atoms with Gasteiger partial charge in [0.15, 0.2) is 5.17 Å². The Morgan fingerprint density at radius 2 is 2.04 bits per heavy atom. The van der Waals surface area contributed by atoms with Gasteiger partial charge in [0.25, 0.3) is 5.91 Å². The zero-order chi connectivity index (χ0) is 16.9. The van der Waals surface area contributed by atoms with Gasteiger partial charge in [-0.1, -0.05) is 18.2 Å². The minimum absolute atomic E-state index is 0.0651. The summed E-state index contributed by atoms with van der Waals surface area (Å²) in [6.07, 6.45) is 1.64. The molecule has 1 aliphatic heterocycles. The van der Waals surface area contributed by atoms with Gasteiger partial charge in [-0.15, -0.1) is 0 Å². The van der Waals surface area contributed by atoms with Crippen LogP contribution in [0.1, 0.15) is 12.5 Å². The summed E-state index contributed by atoms with van der Waals surface area (Å²) >= 11 is 1.24. The number of thioether (sulfide) groups is 1. The summed E-state index contributed by atoms with van der Waals surface area (Å²) in [4.78, 5) is 16.9. The molecule has 0 aromatic heterocycles. The van der Waals surface area contributed by atoms with Crippen LogP contribution in [-0.2, 0) is 4.79 Å². The van der Waals surface area contributed by atoms with Crippen molar-refractivity contribution < 1.29 is 14.6 Å². The van der Waals surface area contributed by atoms with Crippen molar-refractivity contribution in [3.8, 4) is 11.5 Å². The van der Waals surface area contributed by atoms with E-state index in [1.54, 1.807) is 18.2 Å². The fourth-order valence-electron chi connectivity index (χ4n) is 2.14. The summed E-state index contributed by atoms with van der Waals surface area (Å²) in [5, 5.41) is 13.3. The van der Waals surface area contributed by atoms with E-state index in [2.05, 4.69) is 10.3 Å². The normalized spacial score (nSPS) is 17.3. The Morgan fingerprint density at radius 3 is 2.75 bits per heavy atom. The molecule has 0 spiro atoms. The highest BCUT2D eigenvalue weighted by Crippen LogP contribution is 2.31. The predicted molar refractivity (Wildman–Crippen MR) is 96.5 cm³/mol. The number of aromatic hydroxyl groups is 1. The molecular formula is C18H16N2O3S. The Kier molecular flexibility index (Phi) is 4.86. The average Bonchev–Trinajstić information content (AvgIpc) is 2.91. The molecule has 2 aromatic carbocycles. The maximum Gasteiger partial charge on any atom is 0.264 e. The first-order valence-corrected chi connectivity index (χ1v) is 8.28. The maximum atomic E-state index is 12.1. The lowest BCUT2D eigenvalue weighted by Crippen LogP contribution is -2.19. The zero-order valence-corrected chi connectivity index (χ0v) is 13.8. The van der Waals surface area contributed by atoms with Crippen molar-refractivity contribution in [3.05, 3.63) is 59.0 Å². The van der Waals surface area contributed by atoms with Gasteiger partial charge in [0, 0.05) is 11.6 Å². The van der Waals surface area contributed by atoms with E-state index in [-0.39, 0.29) is 11.7 Å². The van der Waals surface area contributed by atoms with E-state index in [0.717, 1.165) is 5.69 Å². The molecule has 3 rings (SSSR count). The van der Waals surface area contributed by atoms with Gasteiger partial charge in [0.1, 0.15) is 11.5 Å². The molecule has 0 radical (unpaired) electrons. The Hall–Kier alpha value is -2.73. The third-order valence-corrected chi connectivity index (χ3v) is 4.15. The second-order valence-electron chi connectivity index (χ2n) is 4.97. The number of para-hydroxylation sites is 1. The van der Waals surface area contributed by atoms with Crippen LogP contribution in [-0.4, -0.2) is 22.8 Å². The molecule has 0 unspecified atom stereocenters. The van der Waals surface area contributed by atoms with Gasteiger partial charge in [-0.05, 0) is 49.0 Å². The molecule has 1 heterocycles. The Bertz CT molecular complexity index is 816. The minimum Gasteiger partial charge on any atom is -0.507 e. The molecule has 1 amide bonds. The smallest absolute Gasteiger partial charge is 0.264 e. The SMILES string of the molecule is CCOc1ccc(/C=C2/SC(=Nc3ccccc3)NC2=O)c(O)c1. The number of phenolic OH excluding ortho intramolecular Hbond substituents is 1. The first kappa shape index (κ1) is 16.1. The van der Waals surface area contributed by atoms with Crippen LogP contribution in [0, 0.1) is 0 Å². The number of amidine groups is 1. The molecule has 1 aliphatic rings. The van der Waals surface area contributed by atoms with Gasteiger partial charge >= 0.3 is 0 Å². The number of hydrogen-bond acceptors (Lipinski definition) is 5. The minimum atomic E-state index is -0.233. The van der Waals surface area contributed by atoms with Crippen LogP contribution in [0.25, 0.3) is 6.08 Å². The number of nitrogens with zero attached hydrogens (tertiary/aromatic N) is 1. The molecule has 5 nitrogen and oxygen atoms in total. The lowest BCUT2D eigenvalue weighted by atomic mass is 10.1. The van der Waals surface area contributed by atoms with Crippen LogP contribution >= 0.6 is 11.8 Å². The second kappa shape index (κ2) is 7.23. The van der Waals surface area contributed by atoms with Crippen LogP contribution in [0.4, 0.5) is 5.69 Å². The fraction of sp³-hybridized carbons (Fsp3) is 0.111. The summed E-state index contributed by atoms with van der Waals surface area (Å²) in [7, 11) is 0. The Morgan fingerprint density at radius 1 is 1.25 bits per heavy atom. The largest absolute Gasteiger partial charge is 0.507 e. The lowest BCUT2D eigenvalue weighted by Gasteiger charge is -2.05. The van der Waals surface area contributed by atoms with E-state index in [4.69, 9.17) is 4.74 Å². The number of hydrogen-bond donors (Lipinski definition) is 2. The van der Waals surface area contributed by atoms with Crippen molar-refractivity contribution in [2.24, 2.45) is 4.99 Å². The first-order valence-electron chi connectivity index (χ1n) is 7.46. The van der Waals surface area contributed by atoms with Gasteiger partial charge in [0.05, 0.1) is 17.2 Å². The van der Waals surface area contributed by atoms with Gasteiger partial charge < -0.3 is 15.2 Å². The standard InChI is InChI=1S/C18H16N2O3S/c1-2-23-14-9-8-12(15(21)11-14)10-16-17(22)20-18(24-16)19-13-6-4-3-5-7-13/h3-11,21H,2H2,1H3,(H,19,20,22)/b16-10+. The third-order valence-electron chi connectivity index (χ3n) is 3.24. The van der Waals surface area contributed by atoms with Gasteiger partial charge in [-0.2, -0.15) is 0 Å². The summed E-state index contributed by atoms with van der Waals surface area (Å²) in [6.45, 7) is 2.40. The van der Waals surface area contributed by atoms with Crippen LogP contribution < -0.4 is 10.1 Å². The molecule has 0 atom stereocenters. The van der Waals surface area contributed by atoms with Crippen LogP contribution in [0.2, 0.25) is 0 Å². The highest BCUT2D eigenvalue weighted by Gasteiger charge is 2.24. The van der Waals surface area contributed by atoms with Crippen molar-refractivity contribution in [3.63, 3.8) is 0 Å². The average molecular weight is 340 g/mol. The third kappa shape index (κ3) is 3.78. The number of phenols is 1. The summed E-state index contributed by atoms with van der Waals surface area (Å²) in [5.41, 5.74) is 1.32.